The minimum absolute atomic E-state index is 0.181. The number of rotatable bonds is 7. The third-order valence-corrected chi connectivity index (χ3v) is 5.48. The minimum Gasteiger partial charge on any atom is -0.352 e. The van der Waals surface area contributed by atoms with Crippen molar-refractivity contribution in [1.29, 1.82) is 0 Å². The maximum atomic E-state index is 12.7. The zero-order chi connectivity index (χ0) is 24.1. The van der Waals surface area contributed by atoms with Gasteiger partial charge in [0.15, 0.2) is 0 Å². The van der Waals surface area contributed by atoms with Crippen LogP contribution in [-0.4, -0.2) is 32.0 Å². The lowest BCUT2D eigenvalue weighted by Crippen LogP contribution is -2.39. The number of benzene rings is 2. The predicted molar refractivity (Wildman–Crippen MR) is 130 cm³/mol. The van der Waals surface area contributed by atoms with Gasteiger partial charge in [0.2, 0.25) is 5.91 Å². The number of nitrogens with zero attached hydrogens (tertiary/aromatic N) is 4. The standard InChI is InChI=1S/C26H25N5O3/c1-18-8-10-21(11-9-18)23-13-15-25(33)31(29-23)19(2)26(34)27-16-17-30-24(32)14-12-22(28-30)20-6-4-3-5-7-20/h3-15,19H,16-17H2,1-2H3,(H,27,34). The molecule has 34 heavy (non-hydrogen) atoms. The first-order valence-electron chi connectivity index (χ1n) is 11.0. The van der Waals surface area contributed by atoms with E-state index in [2.05, 4.69) is 15.5 Å². The van der Waals surface area contributed by atoms with Gasteiger partial charge in [-0.15, -0.1) is 0 Å². The number of amides is 1. The lowest BCUT2D eigenvalue weighted by atomic mass is 10.1. The van der Waals surface area contributed by atoms with E-state index in [-0.39, 0.29) is 30.1 Å². The molecule has 2 aromatic carbocycles. The minimum atomic E-state index is -0.821. The van der Waals surface area contributed by atoms with Crippen LogP contribution in [0.25, 0.3) is 22.5 Å². The highest BCUT2D eigenvalue weighted by molar-refractivity contribution is 5.79. The Morgan fingerprint density at radius 1 is 0.824 bits per heavy atom. The molecule has 2 aromatic heterocycles. The van der Waals surface area contributed by atoms with Crippen molar-refractivity contribution in [2.45, 2.75) is 26.4 Å². The fourth-order valence-electron chi connectivity index (χ4n) is 3.50. The molecule has 0 fully saturated rings. The van der Waals surface area contributed by atoms with Crippen LogP contribution in [0.15, 0.2) is 88.5 Å². The molecule has 172 valence electrons. The first-order chi connectivity index (χ1) is 16.4. The summed E-state index contributed by atoms with van der Waals surface area (Å²) in [4.78, 5) is 37.3. The van der Waals surface area contributed by atoms with E-state index >= 15 is 0 Å². The Kier molecular flexibility index (Phi) is 6.77. The summed E-state index contributed by atoms with van der Waals surface area (Å²) in [5.41, 5.74) is 3.52. The summed E-state index contributed by atoms with van der Waals surface area (Å²) in [5, 5.41) is 11.6. The summed E-state index contributed by atoms with van der Waals surface area (Å²) in [6.07, 6.45) is 0. The number of hydrogen-bond donors (Lipinski definition) is 1. The molecule has 0 spiro atoms. The van der Waals surface area contributed by atoms with Gasteiger partial charge < -0.3 is 5.32 Å². The van der Waals surface area contributed by atoms with Crippen molar-refractivity contribution in [2.24, 2.45) is 0 Å². The molecule has 1 atom stereocenters. The molecule has 0 aliphatic carbocycles. The topological polar surface area (TPSA) is 98.9 Å². The van der Waals surface area contributed by atoms with Crippen LogP contribution in [0.4, 0.5) is 0 Å². The van der Waals surface area contributed by atoms with Gasteiger partial charge in [0.25, 0.3) is 11.1 Å². The summed E-state index contributed by atoms with van der Waals surface area (Å²) in [6.45, 7) is 3.99. The van der Waals surface area contributed by atoms with E-state index < -0.39 is 6.04 Å². The van der Waals surface area contributed by atoms with Crippen molar-refractivity contribution < 1.29 is 4.79 Å². The van der Waals surface area contributed by atoms with Gasteiger partial charge in [-0.05, 0) is 26.0 Å². The second kappa shape index (κ2) is 10.1. The molecule has 1 N–H and O–H groups in total. The molecule has 2 heterocycles. The Labute approximate surface area is 196 Å². The molecule has 4 aromatic rings. The first kappa shape index (κ1) is 22.8. The van der Waals surface area contributed by atoms with Crippen molar-refractivity contribution in [3.8, 4) is 22.5 Å². The number of aryl methyl sites for hydroxylation is 1. The highest BCUT2D eigenvalue weighted by Crippen LogP contribution is 2.17. The van der Waals surface area contributed by atoms with E-state index in [0.29, 0.717) is 11.4 Å². The normalized spacial score (nSPS) is 11.7. The molecule has 8 heteroatoms. The molecular formula is C26H25N5O3. The Morgan fingerprint density at radius 2 is 1.44 bits per heavy atom. The van der Waals surface area contributed by atoms with Crippen molar-refractivity contribution in [3.05, 3.63) is 105 Å². The quantitative estimate of drug-likeness (QED) is 0.462. The monoisotopic (exact) mass is 455 g/mol. The van der Waals surface area contributed by atoms with Gasteiger partial charge >= 0.3 is 0 Å². The van der Waals surface area contributed by atoms with Gasteiger partial charge in [-0.25, -0.2) is 9.36 Å². The highest BCUT2D eigenvalue weighted by Gasteiger charge is 2.18. The molecule has 0 aliphatic rings. The Morgan fingerprint density at radius 3 is 2.15 bits per heavy atom. The molecule has 4 rings (SSSR count). The fourth-order valence-corrected chi connectivity index (χ4v) is 3.50. The number of carbonyl (C=O) groups excluding carboxylic acids is 1. The van der Waals surface area contributed by atoms with Crippen molar-refractivity contribution in [2.75, 3.05) is 6.54 Å². The van der Waals surface area contributed by atoms with Crippen molar-refractivity contribution in [3.63, 3.8) is 0 Å². The van der Waals surface area contributed by atoms with Crippen LogP contribution >= 0.6 is 0 Å². The zero-order valence-corrected chi connectivity index (χ0v) is 19.0. The summed E-state index contributed by atoms with van der Waals surface area (Å²) < 4.78 is 2.49. The fraction of sp³-hybridized carbons (Fsp3) is 0.192. The summed E-state index contributed by atoms with van der Waals surface area (Å²) in [7, 11) is 0. The second-order valence-electron chi connectivity index (χ2n) is 7.98. The lowest BCUT2D eigenvalue weighted by Gasteiger charge is -2.15. The van der Waals surface area contributed by atoms with Gasteiger partial charge in [-0.1, -0.05) is 60.2 Å². The molecule has 0 saturated carbocycles. The van der Waals surface area contributed by atoms with Crippen LogP contribution in [-0.2, 0) is 11.3 Å². The zero-order valence-electron chi connectivity index (χ0n) is 19.0. The second-order valence-corrected chi connectivity index (χ2v) is 7.98. The predicted octanol–water partition coefficient (Wildman–Crippen LogP) is 2.82. The van der Waals surface area contributed by atoms with Crippen molar-refractivity contribution >= 4 is 5.91 Å². The molecule has 1 amide bonds. The van der Waals surface area contributed by atoms with Crippen LogP contribution < -0.4 is 16.4 Å². The average Bonchev–Trinajstić information content (AvgIpc) is 2.86. The van der Waals surface area contributed by atoms with E-state index in [1.165, 1.54) is 21.5 Å². The smallest absolute Gasteiger partial charge is 0.267 e. The number of carbonyl (C=O) groups is 1. The molecule has 0 aliphatic heterocycles. The third kappa shape index (κ3) is 5.17. The largest absolute Gasteiger partial charge is 0.352 e. The SMILES string of the molecule is Cc1ccc(-c2ccc(=O)n(C(C)C(=O)NCCn3nc(-c4ccccc4)ccc3=O)n2)cc1. The maximum absolute atomic E-state index is 12.7. The number of hydrogen-bond acceptors (Lipinski definition) is 5. The number of aromatic nitrogens is 4. The Bertz CT molecular complexity index is 1410. The molecule has 1 unspecified atom stereocenters. The first-order valence-corrected chi connectivity index (χ1v) is 11.0. The average molecular weight is 456 g/mol. The van der Waals surface area contributed by atoms with Crippen LogP contribution in [0.2, 0.25) is 0 Å². The maximum Gasteiger partial charge on any atom is 0.267 e. The summed E-state index contributed by atoms with van der Waals surface area (Å²) >= 11 is 0. The van der Waals surface area contributed by atoms with Gasteiger partial charge in [0.05, 0.1) is 17.9 Å². The Hall–Kier alpha value is -4.33. The van der Waals surface area contributed by atoms with Gasteiger partial charge in [0.1, 0.15) is 6.04 Å². The molecule has 0 radical (unpaired) electrons. The highest BCUT2D eigenvalue weighted by atomic mass is 16.2. The van der Waals surface area contributed by atoms with E-state index in [9.17, 15) is 14.4 Å². The molecule has 0 saturated heterocycles. The molecular weight excluding hydrogens is 430 g/mol. The number of nitrogens with one attached hydrogen (secondary N) is 1. The van der Waals surface area contributed by atoms with Crippen LogP contribution in [0.3, 0.4) is 0 Å². The third-order valence-electron chi connectivity index (χ3n) is 5.48. The lowest BCUT2D eigenvalue weighted by molar-refractivity contribution is -0.124. The summed E-state index contributed by atoms with van der Waals surface area (Å²) in [6, 6.07) is 22.7. The molecule has 0 bridgehead atoms. The summed E-state index contributed by atoms with van der Waals surface area (Å²) in [5.74, 6) is -0.372. The van der Waals surface area contributed by atoms with Gasteiger partial charge in [-0.2, -0.15) is 10.2 Å². The van der Waals surface area contributed by atoms with E-state index in [0.717, 1.165) is 16.7 Å². The van der Waals surface area contributed by atoms with E-state index in [4.69, 9.17) is 0 Å². The van der Waals surface area contributed by atoms with Gasteiger partial charge in [-0.3, -0.25) is 14.4 Å². The van der Waals surface area contributed by atoms with Crippen LogP contribution in [0.1, 0.15) is 18.5 Å². The van der Waals surface area contributed by atoms with E-state index in [1.807, 2.05) is 61.5 Å². The molecule has 8 nitrogen and oxygen atoms in total. The Balaban J connectivity index is 1.44. The van der Waals surface area contributed by atoms with Crippen LogP contribution in [0, 0.1) is 6.92 Å². The van der Waals surface area contributed by atoms with Gasteiger partial charge in [0, 0.05) is 29.8 Å². The van der Waals surface area contributed by atoms with Crippen LogP contribution in [0.5, 0.6) is 0 Å². The van der Waals surface area contributed by atoms with E-state index in [1.54, 1.807) is 19.1 Å². The van der Waals surface area contributed by atoms with Crippen molar-refractivity contribution in [1.82, 2.24) is 24.9 Å².